The summed E-state index contributed by atoms with van der Waals surface area (Å²) in [7, 11) is 0. The van der Waals surface area contributed by atoms with Crippen LogP contribution in [0, 0.1) is 0 Å². The summed E-state index contributed by atoms with van der Waals surface area (Å²) in [5, 5.41) is 7.31. The molecule has 8 aromatic rings. The highest BCUT2D eigenvalue weighted by molar-refractivity contribution is 6.31. The minimum absolute atomic E-state index is 0.927. The highest BCUT2D eigenvalue weighted by atomic mass is 16.3. The first-order valence-electron chi connectivity index (χ1n) is 12.3. The highest BCUT2D eigenvalue weighted by Gasteiger charge is 2.19. The molecule has 6 aromatic carbocycles. The molecular formula is C34H21NO. The Hall–Kier alpha value is -4.82. The van der Waals surface area contributed by atoms with E-state index in [0.29, 0.717) is 0 Å². The second-order valence-corrected chi connectivity index (χ2v) is 9.36. The van der Waals surface area contributed by atoms with Crippen LogP contribution in [0.3, 0.4) is 0 Å². The topological polar surface area (TPSA) is 18.1 Å². The zero-order valence-electron chi connectivity index (χ0n) is 19.5. The lowest BCUT2D eigenvalue weighted by Crippen LogP contribution is -1.93. The van der Waals surface area contributed by atoms with Crippen molar-refractivity contribution in [3.8, 4) is 16.8 Å². The predicted octanol–water partition coefficient (Wildman–Crippen LogP) is 9.50. The summed E-state index contributed by atoms with van der Waals surface area (Å²) < 4.78 is 8.77. The molecule has 0 N–H and O–H groups in total. The Kier molecular flexibility index (Phi) is 3.97. The minimum atomic E-state index is 0.927. The molecule has 2 nitrogen and oxygen atoms in total. The number of furan rings is 1. The van der Waals surface area contributed by atoms with Crippen LogP contribution in [0.1, 0.15) is 0 Å². The monoisotopic (exact) mass is 459 g/mol. The van der Waals surface area contributed by atoms with Crippen LogP contribution in [0.2, 0.25) is 0 Å². The van der Waals surface area contributed by atoms with E-state index < -0.39 is 0 Å². The molecule has 36 heavy (non-hydrogen) atoms. The maximum Gasteiger partial charge on any atom is 0.136 e. The normalized spacial score (nSPS) is 11.9. The van der Waals surface area contributed by atoms with E-state index in [1.54, 1.807) is 0 Å². The fourth-order valence-corrected chi connectivity index (χ4v) is 5.80. The van der Waals surface area contributed by atoms with Gasteiger partial charge in [0.05, 0.1) is 11.0 Å². The van der Waals surface area contributed by atoms with Crippen LogP contribution in [0.25, 0.3) is 71.3 Å². The summed E-state index contributed by atoms with van der Waals surface area (Å²) in [6.45, 7) is 0. The molecule has 2 aromatic heterocycles. The van der Waals surface area contributed by atoms with Gasteiger partial charge in [-0.15, -0.1) is 0 Å². The number of rotatable bonds is 2. The van der Waals surface area contributed by atoms with Gasteiger partial charge in [-0.3, -0.25) is 0 Å². The smallest absolute Gasteiger partial charge is 0.136 e. The Bertz CT molecular complexity index is 2080. The third kappa shape index (κ3) is 2.67. The Balaban J connectivity index is 1.48. The van der Waals surface area contributed by atoms with Crippen molar-refractivity contribution in [2.75, 3.05) is 0 Å². The van der Waals surface area contributed by atoms with Crippen LogP contribution >= 0.6 is 0 Å². The number of aromatic nitrogens is 1. The summed E-state index contributed by atoms with van der Waals surface area (Å²) in [6, 6.07) is 45.3. The van der Waals surface area contributed by atoms with Gasteiger partial charge in [0.2, 0.25) is 0 Å². The Labute approximate surface area is 207 Å². The van der Waals surface area contributed by atoms with E-state index in [0.717, 1.165) is 16.9 Å². The maximum atomic E-state index is 6.39. The maximum absolute atomic E-state index is 6.39. The van der Waals surface area contributed by atoms with Gasteiger partial charge in [-0.2, -0.15) is 0 Å². The van der Waals surface area contributed by atoms with Crippen molar-refractivity contribution in [1.82, 2.24) is 4.57 Å². The molecule has 0 spiro atoms. The lowest BCUT2D eigenvalue weighted by Gasteiger charge is -2.09. The number of fused-ring (bicyclic) bond motifs is 9. The largest absolute Gasteiger partial charge is 0.456 e. The van der Waals surface area contributed by atoms with Gasteiger partial charge in [-0.1, -0.05) is 91.0 Å². The second kappa shape index (κ2) is 7.34. The van der Waals surface area contributed by atoms with Crippen LogP contribution in [-0.2, 0) is 0 Å². The van der Waals surface area contributed by atoms with Gasteiger partial charge in [0.1, 0.15) is 11.2 Å². The number of benzene rings is 6. The van der Waals surface area contributed by atoms with Crippen molar-refractivity contribution in [3.05, 3.63) is 127 Å². The third-order valence-corrected chi connectivity index (χ3v) is 7.39. The number of nitrogens with zero attached hydrogens (tertiary/aromatic N) is 1. The first-order chi connectivity index (χ1) is 17.9. The average molecular weight is 460 g/mol. The van der Waals surface area contributed by atoms with Crippen molar-refractivity contribution in [2.24, 2.45) is 0 Å². The van der Waals surface area contributed by atoms with E-state index in [1.165, 1.54) is 54.5 Å². The minimum Gasteiger partial charge on any atom is -0.456 e. The highest BCUT2D eigenvalue weighted by Crippen LogP contribution is 2.43. The molecule has 168 valence electrons. The molecule has 8 rings (SSSR count). The van der Waals surface area contributed by atoms with Gasteiger partial charge in [-0.25, -0.2) is 0 Å². The first-order valence-corrected chi connectivity index (χ1v) is 12.3. The molecule has 0 fully saturated rings. The molecule has 0 unspecified atom stereocenters. The van der Waals surface area contributed by atoms with Gasteiger partial charge in [0, 0.05) is 27.2 Å². The van der Waals surface area contributed by atoms with E-state index in [1.807, 2.05) is 0 Å². The zero-order valence-corrected chi connectivity index (χ0v) is 19.5. The SMILES string of the molecule is c1ccc(-c2ccc(-n3c4ccccc4c4c5c(ccc43)oc3ccc4ccccc4c35)cc2)cc1. The third-order valence-electron chi connectivity index (χ3n) is 7.39. The van der Waals surface area contributed by atoms with E-state index in [2.05, 4.69) is 132 Å². The standard InChI is InChI=1S/C34H21NO/c1-2-8-22(9-3-1)23-14-17-25(18-15-23)35-28-13-7-6-12-27(28)32-29(35)19-21-31-34(32)33-26-11-5-4-10-24(26)16-20-30(33)36-31/h1-21H. The van der Waals surface area contributed by atoms with Crippen molar-refractivity contribution in [1.29, 1.82) is 0 Å². The second-order valence-electron chi connectivity index (χ2n) is 9.36. The summed E-state index contributed by atoms with van der Waals surface area (Å²) in [4.78, 5) is 0. The Morgan fingerprint density at radius 3 is 1.94 bits per heavy atom. The van der Waals surface area contributed by atoms with Gasteiger partial charge in [0.25, 0.3) is 0 Å². The first kappa shape index (κ1) is 19.5. The lowest BCUT2D eigenvalue weighted by molar-refractivity contribution is 0.669. The molecule has 2 heterocycles. The van der Waals surface area contributed by atoms with Crippen LogP contribution in [0.4, 0.5) is 0 Å². The number of para-hydroxylation sites is 1. The van der Waals surface area contributed by atoms with Crippen molar-refractivity contribution >= 4 is 54.5 Å². The van der Waals surface area contributed by atoms with Crippen molar-refractivity contribution in [3.63, 3.8) is 0 Å². The van der Waals surface area contributed by atoms with Crippen molar-refractivity contribution < 1.29 is 4.42 Å². The van der Waals surface area contributed by atoms with E-state index in [4.69, 9.17) is 4.42 Å². The molecule has 2 heteroatoms. The lowest BCUT2D eigenvalue weighted by atomic mass is 10.0. The van der Waals surface area contributed by atoms with Crippen molar-refractivity contribution in [2.45, 2.75) is 0 Å². The fraction of sp³-hybridized carbons (Fsp3) is 0. The van der Waals surface area contributed by atoms with Gasteiger partial charge in [0.15, 0.2) is 0 Å². The molecular weight excluding hydrogens is 438 g/mol. The molecule has 0 atom stereocenters. The molecule has 0 bridgehead atoms. The summed E-state index contributed by atoms with van der Waals surface area (Å²) in [6.07, 6.45) is 0. The summed E-state index contributed by atoms with van der Waals surface area (Å²) in [5.41, 5.74) is 7.84. The molecule has 0 saturated carbocycles. The Morgan fingerprint density at radius 1 is 0.417 bits per heavy atom. The quantitative estimate of drug-likeness (QED) is 0.252. The number of hydrogen-bond donors (Lipinski definition) is 0. The van der Waals surface area contributed by atoms with E-state index in [-0.39, 0.29) is 0 Å². The molecule has 0 aliphatic rings. The molecule has 0 saturated heterocycles. The van der Waals surface area contributed by atoms with Crippen LogP contribution in [0.15, 0.2) is 132 Å². The predicted molar refractivity (Wildman–Crippen MR) is 151 cm³/mol. The molecule has 0 aliphatic carbocycles. The van der Waals surface area contributed by atoms with Crippen LogP contribution in [0.5, 0.6) is 0 Å². The van der Waals surface area contributed by atoms with Crippen LogP contribution in [-0.4, -0.2) is 4.57 Å². The van der Waals surface area contributed by atoms with Gasteiger partial charge >= 0.3 is 0 Å². The van der Waals surface area contributed by atoms with E-state index in [9.17, 15) is 0 Å². The van der Waals surface area contributed by atoms with Gasteiger partial charge < -0.3 is 8.98 Å². The fourth-order valence-electron chi connectivity index (χ4n) is 5.80. The molecule has 0 aliphatic heterocycles. The molecule has 0 amide bonds. The zero-order chi connectivity index (χ0) is 23.6. The van der Waals surface area contributed by atoms with Crippen LogP contribution < -0.4 is 0 Å². The summed E-state index contributed by atoms with van der Waals surface area (Å²) >= 11 is 0. The summed E-state index contributed by atoms with van der Waals surface area (Å²) in [5.74, 6) is 0. The average Bonchev–Trinajstić information content (AvgIpc) is 3.49. The Morgan fingerprint density at radius 2 is 1.08 bits per heavy atom. The number of hydrogen-bond acceptors (Lipinski definition) is 1. The van der Waals surface area contributed by atoms with Gasteiger partial charge in [-0.05, 0) is 58.3 Å². The molecule has 0 radical (unpaired) electrons. The van der Waals surface area contributed by atoms with E-state index >= 15 is 0 Å².